The van der Waals surface area contributed by atoms with Gasteiger partial charge in [0.25, 0.3) is 5.91 Å². The first kappa shape index (κ1) is 22.1. The monoisotopic (exact) mass is 458 g/mol. The van der Waals surface area contributed by atoms with Crippen molar-refractivity contribution in [3.8, 4) is 22.8 Å². The standard InChI is InChI=1S/C22H26N4O5S/c1-4-26(5-2)12-13-6-7-17-14(8-13)9-18(25-17)15-10-19(30-3)21(31-32(23,28)29)16-11-24-22(27)20(15)16/h6-10,25H,4-5,11-12H2,1-3H3,(H,24,27)(H2,23,28,29). The van der Waals surface area contributed by atoms with E-state index in [9.17, 15) is 13.2 Å². The van der Waals surface area contributed by atoms with Crippen molar-refractivity contribution in [2.75, 3.05) is 20.2 Å². The zero-order valence-electron chi connectivity index (χ0n) is 18.2. The van der Waals surface area contributed by atoms with Crippen molar-refractivity contribution < 1.29 is 22.1 Å². The Balaban J connectivity index is 1.83. The van der Waals surface area contributed by atoms with E-state index in [2.05, 4.69) is 41.2 Å². The molecule has 32 heavy (non-hydrogen) atoms. The first-order valence-electron chi connectivity index (χ1n) is 10.3. The van der Waals surface area contributed by atoms with Crippen LogP contribution in [0, 0.1) is 0 Å². The number of fused-ring (bicyclic) bond motifs is 2. The number of nitrogens with zero attached hydrogens (tertiary/aromatic N) is 1. The summed E-state index contributed by atoms with van der Waals surface area (Å²) in [5, 5.41) is 8.80. The molecule has 0 fully saturated rings. The second-order valence-electron chi connectivity index (χ2n) is 7.63. The summed E-state index contributed by atoms with van der Waals surface area (Å²) in [4.78, 5) is 18.3. The quantitative estimate of drug-likeness (QED) is 0.476. The van der Waals surface area contributed by atoms with Crippen LogP contribution < -0.4 is 19.4 Å². The van der Waals surface area contributed by atoms with E-state index in [-0.39, 0.29) is 24.0 Å². The van der Waals surface area contributed by atoms with Gasteiger partial charge in [-0.1, -0.05) is 19.9 Å². The van der Waals surface area contributed by atoms with Gasteiger partial charge in [0.15, 0.2) is 11.5 Å². The summed E-state index contributed by atoms with van der Waals surface area (Å²) in [5.41, 5.74) is 4.16. The number of nitrogens with one attached hydrogen (secondary N) is 2. The number of methoxy groups -OCH3 is 1. The Bertz CT molecular complexity index is 1300. The van der Waals surface area contributed by atoms with Crippen LogP contribution in [0.5, 0.6) is 11.5 Å². The number of nitrogens with two attached hydrogens (primary N) is 1. The van der Waals surface area contributed by atoms with Crippen LogP contribution in [0.4, 0.5) is 0 Å². The molecule has 0 saturated carbocycles. The Morgan fingerprint density at radius 1 is 1.16 bits per heavy atom. The Morgan fingerprint density at radius 3 is 2.56 bits per heavy atom. The lowest BCUT2D eigenvalue weighted by Crippen LogP contribution is -2.21. The molecule has 2 aromatic carbocycles. The second-order valence-corrected chi connectivity index (χ2v) is 8.79. The van der Waals surface area contributed by atoms with E-state index in [4.69, 9.17) is 14.1 Å². The fourth-order valence-electron chi connectivity index (χ4n) is 4.08. The predicted octanol–water partition coefficient (Wildman–Crippen LogP) is 2.51. The topological polar surface area (TPSA) is 127 Å². The molecule has 0 bridgehead atoms. The highest BCUT2D eigenvalue weighted by atomic mass is 32.2. The van der Waals surface area contributed by atoms with Crippen LogP contribution in [0.3, 0.4) is 0 Å². The third kappa shape index (κ3) is 4.16. The third-order valence-electron chi connectivity index (χ3n) is 5.69. The van der Waals surface area contributed by atoms with Gasteiger partial charge in [-0.2, -0.15) is 13.6 Å². The van der Waals surface area contributed by atoms with Gasteiger partial charge in [-0.25, -0.2) is 0 Å². The van der Waals surface area contributed by atoms with Gasteiger partial charge in [-0.05, 0) is 42.9 Å². The fraction of sp³-hybridized carbons (Fsp3) is 0.318. The number of benzene rings is 2. The smallest absolute Gasteiger partial charge is 0.380 e. The first-order chi connectivity index (χ1) is 15.2. The van der Waals surface area contributed by atoms with Crippen LogP contribution in [-0.4, -0.2) is 44.4 Å². The summed E-state index contributed by atoms with van der Waals surface area (Å²) >= 11 is 0. The van der Waals surface area contributed by atoms with Crippen LogP contribution in [-0.2, 0) is 23.4 Å². The lowest BCUT2D eigenvalue weighted by atomic mass is 9.98. The number of hydrogen-bond acceptors (Lipinski definition) is 6. The molecular weight excluding hydrogens is 432 g/mol. The molecule has 1 aliphatic rings. The highest BCUT2D eigenvalue weighted by Gasteiger charge is 2.32. The summed E-state index contributed by atoms with van der Waals surface area (Å²) < 4.78 is 33.4. The highest BCUT2D eigenvalue weighted by molar-refractivity contribution is 7.84. The van der Waals surface area contributed by atoms with Gasteiger partial charge in [0, 0.05) is 40.8 Å². The van der Waals surface area contributed by atoms with Gasteiger partial charge in [0.1, 0.15) is 0 Å². The number of amides is 1. The first-order valence-corrected chi connectivity index (χ1v) is 11.8. The van der Waals surface area contributed by atoms with Gasteiger partial charge in [-0.15, -0.1) is 0 Å². The molecule has 4 N–H and O–H groups in total. The minimum atomic E-state index is -4.30. The van der Waals surface area contributed by atoms with Crippen LogP contribution in [0.1, 0.15) is 35.3 Å². The number of ether oxygens (including phenoxy) is 1. The molecule has 1 amide bonds. The molecule has 1 aromatic heterocycles. The second kappa shape index (κ2) is 8.45. The molecule has 9 nitrogen and oxygen atoms in total. The number of carbonyl (C=O) groups excluding carboxylic acids is 1. The summed E-state index contributed by atoms with van der Waals surface area (Å²) in [6.07, 6.45) is 0. The number of aromatic amines is 1. The van der Waals surface area contributed by atoms with Crippen LogP contribution >= 0.6 is 0 Å². The van der Waals surface area contributed by atoms with Crippen molar-refractivity contribution in [2.45, 2.75) is 26.9 Å². The van der Waals surface area contributed by atoms with Gasteiger partial charge in [-0.3, -0.25) is 9.69 Å². The average molecular weight is 459 g/mol. The summed E-state index contributed by atoms with van der Waals surface area (Å²) in [6, 6.07) is 9.80. The van der Waals surface area contributed by atoms with Crippen molar-refractivity contribution >= 4 is 27.1 Å². The number of aromatic nitrogens is 1. The molecular formula is C22H26N4O5S. The lowest BCUT2D eigenvalue weighted by Gasteiger charge is -2.17. The molecule has 170 valence electrons. The average Bonchev–Trinajstić information content (AvgIpc) is 3.35. The molecule has 0 aliphatic carbocycles. The fourth-order valence-corrected chi connectivity index (χ4v) is 4.50. The van der Waals surface area contributed by atoms with Crippen molar-refractivity contribution in [3.63, 3.8) is 0 Å². The molecule has 4 rings (SSSR count). The van der Waals surface area contributed by atoms with Crippen molar-refractivity contribution in [2.24, 2.45) is 5.14 Å². The Morgan fingerprint density at radius 2 is 1.91 bits per heavy atom. The van der Waals surface area contributed by atoms with Crippen LogP contribution in [0.2, 0.25) is 0 Å². The van der Waals surface area contributed by atoms with Gasteiger partial charge >= 0.3 is 10.3 Å². The molecule has 0 unspecified atom stereocenters. The summed E-state index contributed by atoms with van der Waals surface area (Å²) in [6.45, 7) is 7.19. The molecule has 0 spiro atoms. The molecule has 1 aliphatic heterocycles. The van der Waals surface area contributed by atoms with E-state index >= 15 is 0 Å². The number of carbonyl (C=O) groups is 1. The zero-order chi connectivity index (χ0) is 23.0. The Kier molecular flexibility index (Phi) is 5.85. The maximum atomic E-state index is 12.6. The van der Waals surface area contributed by atoms with Gasteiger partial charge in [0.2, 0.25) is 0 Å². The molecule has 0 radical (unpaired) electrons. The molecule has 3 aromatic rings. The third-order valence-corrected chi connectivity index (χ3v) is 6.09. The Labute approximate surface area is 186 Å². The van der Waals surface area contributed by atoms with Gasteiger partial charge in [0.05, 0.1) is 12.7 Å². The SMILES string of the molecule is CCN(CC)Cc1ccc2[nH]c(-c3cc(OC)c(OS(N)(=O)=O)c4c3C(=O)NC4)cc2c1. The number of rotatable bonds is 8. The maximum Gasteiger partial charge on any atom is 0.380 e. The predicted molar refractivity (Wildman–Crippen MR) is 122 cm³/mol. The van der Waals surface area contributed by atoms with Crippen molar-refractivity contribution in [1.29, 1.82) is 0 Å². The van der Waals surface area contributed by atoms with E-state index in [1.54, 1.807) is 6.07 Å². The minimum absolute atomic E-state index is 0.0790. The molecule has 0 atom stereocenters. The highest BCUT2D eigenvalue weighted by Crippen LogP contribution is 2.43. The van der Waals surface area contributed by atoms with Crippen LogP contribution in [0.15, 0.2) is 30.3 Å². The lowest BCUT2D eigenvalue weighted by molar-refractivity contribution is 0.0966. The number of H-pyrrole nitrogens is 1. The molecule has 0 saturated heterocycles. The molecule has 10 heteroatoms. The van der Waals surface area contributed by atoms with Crippen LogP contribution in [0.25, 0.3) is 22.2 Å². The maximum absolute atomic E-state index is 12.6. The Hall–Kier alpha value is -3.08. The number of hydrogen-bond donors (Lipinski definition) is 3. The summed E-state index contributed by atoms with van der Waals surface area (Å²) in [7, 11) is -2.90. The van der Waals surface area contributed by atoms with Gasteiger partial charge < -0.3 is 19.2 Å². The molecule has 2 heterocycles. The normalized spacial score (nSPS) is 13.5. The van der Waals surface area contributed by atoms with Crippen molar-refractivity contribution in [3.05, 3.63) is 47.0 Å². The van der Waals surface area contributed by atoms with Crippen molar-refractivity contribution in [1.82, 2.24) is 15.2 Å². The summed E-state index contributed by atoms with van der Waals surface area (Å²) in [5.74, 6) is -0.229. The van der Waals surface area contributed by atoms with E-state index < -0.39 is 10.3 Å². The van der Waals surface area contributed by atoms with E-state index in [0.29, 0.717) is 22.4 Å². The van der Waals surface area contributed by atoms with E-state index in [1.165, 1.54) is 12.7 Å². The zero-order valence-corrected chi connectivity index (χ0v) is 19.0. The largest absolute Gasteiger partial charge is 0.493 e. The van der Waals surface area contributed by atoms with E-state index in [1.807, 2.05) is 12.1 Å². The minimum Gasteiger partial charge on any atom is -0.493 e. The van der Waals surface area contributed by atoms with E-state index in [0.717, 1.165) is 30.5 Å².